The summed E-state index contributed by atoms with van der Waals surface area (Å²) in [6.45, 7) is 5.37. The number of sulfonamides is 1. The molecule has 0 aliphatic carbocycles. The molecule has 5 nitrogen and oxygen atoms in total. The molecule has 2 aromatic heterocycles. The molecular formula is C14H19N3O2S2. The number of aromatic nitrogens is 1. The normalized spacial score (nSPS) is 13.2. The zero-order valence-electron chi connectivity index (χ0n) is 12.0. The van der Waals surface area contributed by atoms with Crippen LogP contribution in [-0.2, 0) is 16.6 Å². The first-order valence-corrected chi connectivity index (χ1v) is 9.09. The number of nitrogens with one attached hydrogen (secondary N) is 2. The van der Waals surface area contributed by atoms with E-state index in [2.05, 4.69) is 15.0 Å². The van der Waals surface area contributed by atoms with Gasteiger partial charge in [-0.3, -0.25) is 4.98 Å². The average molecular weight is 325 g/mol. The summed E-state index contributed by atoms with van der Waals surface area (Å²) in [4.78, 5) is 3.93. The quantitative estimate of drug-likeness (QED) is 0.819. The van der Waals surface area contributed by atoms with E-state index >= 15 is 0 Å². The predicted octanol–water partition coefficient (Wildman–Crippen LogP) is 2.29. The Balaban J connectivity index is 2.09. The molecule has 0 aliphatic heterocycles. The van der Waals surface area contributed by atoms with E-state index in [9.17, 15) is 8.42 Å². The molecular weight excluding hydrogens is 306 g/mol. The Bertz CT molecular complexity index is 669. The maximum absolute atomic E-state index is 12.4. The average Bonchev–Trinajstić information content (AvgIpc) is 2.95. The Kier molecular flexibility index (Phi) is 5.46. The standard InChI is InChI=1S/C14H19N3O2S2/c1-3-15-9-12-8-14(20-10-12)21(18,19)17-11(2)13-4-6-16-7-5-13/h4-8,10-11,15,17H,3,9H2,1-2H3. The molecule has 0 saturated heterocycles. The number of hydrogen-bond acceptors (Lipinski definition) is 5. The van der Waals surface area contributed by atoms with Crippen molar-refractivity contribution in [2.24, 2.45) is 0 Å². The van der Waals surface area contributed by atoms with Crippen LogP contribution < -0.4 is 10.0 Å². The van der Waals surface area contributed by atoms with Crippen LogP contribution in [0.5, 0.6) is 0 Å². The minimum atomic E-state index is -3.49. The monoisotopic (exact) mass is 325 g/mol. The second kappa shape index (κ2) is 7.13. The third-order valence-corrected chi connectivity index (χ3v) is 6.04. The molecule has 0 bridgehead atoms. The van der Waals surface area contributed by atoms with E-state index in [0.717, 1.165) is 17.7 Å². The molecule has 0 spiro atoms. The van der Waals surface area contributed by atoms with E-state index in [0.29, 0.717) is 10.8 Å². The Morgan fingerprint density at radius 1 is 1.33 bits per heavy atom. The lowest BCUT2D eigenvalue weighted by Crippen LogP contribution is -2.26. The van der Waals surface area contributed by atoms with Crippen LogP contribution in [0, 0.1) is 0 Å². The van der Waals surface area contributed by atoms with Gasteiger partial charge in [0.05, 0.1) is 0 Å². The van der Waals surface area contributed by atoms with Crippen molar-refractivity contribution in [3.05, 3.63) is 47.1 Å². The summed E-state index contributed by atoms with van der Waals surface area (Å²) in [7, 11) is -3.49. The summed E-state index contributed by atoms with van der Waals surface area (Å²) in [6.07, 6.45) is 3.31. The topological polar surface area (TPSA) is 71.1 Å². The van der Waals surface area contributed by atoms with Gasteiger partial charge in [-0.15, -0.1) is 11.3 Å². The van der Waals surface area contributed by atoms with Crippen LogP contribution in [0.4, 0.5) is 0 Å². The van der Waals surface area contributed by atoms with Gasteiger partial charge in [0.2, 0.25) is 0 Å². The van der Waals surface area contributed by atoms with Crippen LogP contribution in [0.3, 0.4) is 0 Å². The summed E-state index contributed by atoms with van der Waals surface area (Å²) in [5.74, 6) is 0. The van der Waals surface area contributed by atoms with Crippen molar-refractivity contribution in [1.82, 2.24) is 15.0 Å². The van der Waals surface area contributed by atoms with Crippen molar-refractivity contribution in [3.8, 4) is 0 Å². The number of nitrogens with zero attached hydrogens (tertiary/aromatic N) is 1. The first-order chi connectivity index (χ1) is 10.0. The molecule has 2 rings (SSSR count). The fraction of sp³-hybridized carbons (Fsp3) is 0.357. The minimum Gasteiger partial charge on any atom is -0.313 e. The zero-order chi connectivity index (χ0) is 15.3. The van der Waals surface area contributed by atoms with Crippen LogP contribution in [0.15, 0.2) is 40.2 Å². The Morgan fingerprint density at radius 3 is 2.71 bits per heavy atom. The number of thiophene rings is 1. The van der Waals surface area contributed by atoms with Crippen LogP contribution in [0.2, 0.25) is 0 Å². The summed E-state index contributed by atoms with van der Waals surface area (Å²) < 4.78 is 27.8. The highest BCUT2D eigenvalue weighted by atomic mass is 32.2. The molecule has 0 aromatic carbocycles. The molecule has 0 radical (unpaired) electrons. The molecule has 0 aliphatic rings. The van der Waals surface area contributed by atoms with Gasteiger partial charge in [-0.25, -0.2) is 13.1 Å². The fourth-order valence-electron chi connectivity index (χ4n) is 1.87. The van der Waals surface area contributed by atoms with Crippen molar-refractivity contribution < 1.29 is 8.42 Å². The van der Waals surface area contributed by atoms with Gasteiger partial charge in [-0.2, -0.15) is 0 Å². The number of hydrogen-bond donors (Lipinski definition) is 2. The third-order valence-electron chi connectivity index (χ3n) is 3.01. The number of rotatable bonds is 7. The second-order valence-electron chi connectivity index (χ2n) is 4.68. The summed E-state index contributed by atoms with van der Waals surface area (Å²) in [5, 5.41) is 5.05. The summed E-state index contributed by atoms with van der Waals surface area (Å²) in [5.41, 5.74) is 1.87. The Morgan fingerprint density at radius 2 is 2.05 bits per heavy atom. The van der Waals surface area contributed by atoms with E-state index in [4.69, 9.17) is 0 Å². The van der Waals surface area contributed by atoms with E-state index < -0.39 is 10.0 Å². The predicted molar refractivity (Wildman–Crippen MR) is 84.7 cm³/mol. The van der Waals surface area contributed by atoms with Gasteiger partial charge in [0.1, 0.15) is 4.21 Å². The van der Waals surface area contributed by atoms with E-state index in [1.54, 1.807) is 30.6 Å². The maximum atomic E-state index is 12.4. The lowest BCUT2D eigenvalue weighted by atomic mass is 10.1. The Hall–Kier alpha value is -1.28. The van der Waals surface area contributed by atoms with Gasteiger partial charge in [-0.1, -0.05) is 6.92 Å². The molecule has 1 atom stereocenters. The molecule has 114 valence electrons. The molecule has 7 heteroatoms. The van der Waals surface area contributed by atoms with Crippen molar-refractivity contribution in [2.45, 2.75) is 30.6 Å². The SMILES string of the molecule is CCNCc1csc(S(=O)(=O)NC(C)c2ccncc2)c1. The first-order valence-electron chi connectivity index (χ1n) is 6.73. The van der Waals surface area contributed by atoms with Gasteiger partial charge >= 0.3 is 0 Å². The molecule has 21 heavy (non-hydrogen) atoms. The molecule has 2 aromatic rings. The van der Waals surface area contributed by atoms with Crippen molar-refractivity contribution in [3.63, 3.8) is 0 Å². The Labute approximate surface area is 129 Å². The summed E-state index contributed by atoms with van der Waals surface area (Å²) >= 11 is 1.24. The minimum absolute atomic E-state index is 0.294. The van der Waals surface area contributed by atoms with Crippen LogP contribution >= 0.6 is 11.3 Å². The molecule has 2 heterocycles. The van der Waals surface area contributed by atoms with Gasteiger partial charge in [0.15, 0.2) is 0 Å². The van der Waals surface area contributed by atoms with Gasteiger partial charge < -0.3 is 5.32 Å². The van der Waals surface area contributed by atoms with Gasteiger partial charge in [0, 0.05) is 25.0 Å². The zero-order valence-corrected chi connectivity index (χ0v) is 13.7. The molecule has 0 fully saturated rings. The highest BCUT2D eigenvalue weighted by molar-refractivity contribution is 7.91. The van der Waals surface area contributed by atoms with Gasteiger partial charge in [0.25, 0.3) is 10.0 Å². The third kappa shape index (κ3) is 4.34. The lowest BCUT2D eigenvalue weighted by molar-refractivity contribution is 0.569. The molecule has 0 amide bonds. The highest BCUT2D eigenvalue weighted by Gasteiger charge is 2.20. The van der Waals surface area contributed by atoms with E-state index in [1.165, 1.54) is 11.3 Å². The van der Waals surface area contributed by atoms with Gasteiger partial charge in [-0.05, 0) is 48.2 Å². The van der Waals surface area contributed by atoms with Crippen LogP contribution in [0.25, 0.3) is 0 Å². The number of pyridine rings is 1. The first kappa shape index (κ1) is 16.1. The van der Waals surface area contributed by atoms with Crippen molar-refractivity contribution in [2.75, 3.05) is 6.54 Å². The largest absolute Gasteiger partial charge is 0.313 e. The van der Waals surface area contributed by atoms with Crippen LogP contribution in [0.1, 0.15) is 31.0 Å². The second-order valence-corrected chi connectivity index (χ2v) is 7.53. The highest BCUT2D eigenvalue weighted by Crippen LogP contribution is 2.22. The lowest BCUT2D eigenvalue weighted by Gasteiger charge is -2.13. The van der Waals surface area contributed by atoms with Crippen molar-refractivity contribution in [1.29, 1.82) is 0 Å². The molecule has 1 unspecified atom stereocenters. The molecule has 0 saturated carbocycles. The fourth-order valence-corrected chi connectivity index (χ4v) is 4.33. The van der Waals surface area contributed by atoms with E-state index in [-0.39, 0.29) is 6.04 Å². The molecule has 2 N–H and O–H groups in total. The maximum Gasteiger partial charge on any atom is 0.250 e. The van der Waals surface area contributed by atoms with Crippen molar-refractivity contribution >= 4 is 21.4 Å². The van der Waals surface area contributed by atoms with E-state index in [1.807, 2.05) is 19.2 Å². The smallest absolute Gasteiger partial charge is 0.250 e. The van der Waals surface area contributed by atoms with Crippen LogP contribution in [-0.4, -0.2) is 19.9 Å². The summed E-state index contributed by atoms with van der Waals surface area (Å²) in [6, 6.07) is 5.03.